The van der Waals surface area contributed by atoms with E-state index in [4.69, 9.17) is 5.26 Å². The molecule has 1 aliphatic rings. The van der Waals surface area contributed by atoms with Gasteiger partial charge in [-0.05, 0) is 37.3 Å². The normalized spacial score (nSPS) is 15.5. The average Bonchev–Trinajstić information content (AvgIpc) is 2.73. The highest BCUT2D eigenvalue weighted by molar-refractivity contribution is 7.89. The number of anilines is 1. The minimum absolute atomic E-state index is 0.0351. The average molecular weight is 454 g/mol. The molecule has 1 fully saturated rings. The summed E-state index contributed by atoms with van der Waals surface area (Å²) in [4.78, 5) is 12.2. The number of nitriles is 1. The topological polar surface area (TPSA) is 108 Å². The molecule has 0 aliphatic carbocycles. The van der Waals surface area contributed by atoms with Gasteiger partial charge in [0.25, 0.3) is 5.69 Å². The molecule has 0 saturated carbocycles. The van der Waals surface area contributed by atoms with E-state index in [0.29, 0.717) is 11.3 Å². The Kier molecular flexibility index (Phi) is 5.93. The zero-order valence-electron chi connectivity index (χ0n) is 16.3. The largest absolute Gasteiger partial charge is 0.416 e. The van der Waals surface area contributed by atoms with E-state index < -0.39 is 26.7 Å². The summed E-state index contributed by atoms with van der Waals surface area (Å²) in [5, 5.41) is 20.4. The Morgan fingerprint density at radius 2 is 1.68 bits per heavy atom. The number of rotatable bonds is 4. The van der Waals surface area contributed by atoms with Crippen LogP contribution in [0.5, 0.6) is 0 Å². The SMILES string of the molecule is Cc1c(N2CCN(S(=O)(=O)c3ccc(C(F)(F)F)cc3)CC2)cc(C#N)cc1[N+](=O)[O-]. The van der Waals surface area contributed by atoms with Crippen molar-refractivity contribution in [3.05, 3.63) is 63.2 Å². The molecule has 31 heavy (non-hydrogen) atoms. The molecular weight excluding hydrogens is 437 g/mol. The van der Waals surface area contributed by atoms with Gasteiger partial charge in [-0.1, -0.05) is 0 Å². The van der Waals surface area contributed by atoms with Gasteiger partial charge >= 0.3 is 6.18 Å². The first-order chi connectivity index (χ1) is 14.4. The highest BCUT2D eigenvalue weighted by Gasteiger charge is 2.33. The summed E-state index contributed by atoms with van der Waals surface area (Å²) in [6, 6.07) is 7.87. The summed E-state index contributed by atoms with van der Waals surface area (Å²) in [7, 11) is -4.00. The standard InChI is InChI=1S/C19H17F3N4O4S/c1-13-17(10-14(12-23)11-18(13)26(27)28)24-6-8-25(9-7-24)31(29,30)16-4-2-15(3-5-16)19(20,21)22/h2-5,10-11H,6-9H2,1H3. The molecule has 1 saturated heterocycles. The predicted octanol–water partition coefficient (Wildman–Crippen LogP) is 3.30. The predicted molar refractivity (Wildman–Crippen MR) is 105 cm³/mol. The molecule has 1 aliphatic heterocycles. The van der Waals surface area contributed by atoms with Crippen LogP contribution in [0.4, 0.5) is 24.5 Å². The molecular formula is C19H17F3N4O4S. The van der Waals surface area contributed by atoms with Crippen LogP contribution < -0.4 is 4.90 Å². The van der Waals surface area contributed by atoms with Crippen molar-refractivity contribution in [1.29, 1.82) is 5.26 Å². The summed E-state index contributed by atoms with van der Waals surface area (Å²) in [6.45, 7) is 2.03. The van der Waals surface area contributed by atoms with Gasteiger partial charge in [-0.25, -0.2) is 8.42 Å². The molecule has 0 aromatic heterocycles. The van der Waals surface area contributed by atoms with Crippen LogP contribution in [0.15, 0.2) is 41.3 Å². The van der Waals surface area contributed by atoms with Crippen LogP contribution in [-0.4, -0.2) is 43.8 Å². The number of piperazine rings is 1. The van der Waals surface area contributed by atoms with E-state index in [9.17, 15) is 31.7 Å². The number of nitrogens with zero attached hydrogens (tertiary/aromatic N) is 4. The van der Waals surface area contributed by atoms with Gasteiger partial charge in [-0.3, -0.25) is 10.1 Å². The quantitative estimate of drug-likeness (QED) is 0.518. The lowest BCUT2D eigenvalue weighted by Crippen LogP contribution is -2.48. The Balaban J connectivity index is 1.80. The molecule has 8 nitrogen and oxygen atoms in total. The van der Waals surface area contributed by atoms with E-state index in [-0.39, 0.29) is 42.3 Å². The number of nitro groups is 1. The molecule has 0 bridgehead atoms. The fraction of sp³-hybridized carbons (Fsp3) is 0.316. The summed E-state index contributed by atoms with van der Waals surface area (Å²) < 4.78 is 64.9. The molecule has 0 atom stereocenters. The van der Waals surface area contributed by atoms with E-state index in [0.717, 1.165) is 28.6 Å². The molecule has 2 aromatic carbocycles. The van der Waals surface area contributed by atoms with Crippen molar-refractivity contribution >= 4 is 21.4 Å². The fourth-order valence-corrected chi connectivity index (χ4v) is 4.82. The Morgan fingerprint density at radius 1 is 1.10 bits per heavy atom. The molecule has 164 valence electrons. The smallest absolute Gasteiger partial charge is 0.368 e. The second kappa shape index (κ2) is 8.16. The van der Waals surface area contributed by atoms with Crippen molar-refractivity contribution in [3.8, 4) is 6.07 Å². The number of alkyl halides is 3. The molecule has 3 rings (SSSR count). The summed E-state index contributed by atoms with van der Waals surface area (Å²) >= 11 is 0. The van der Waals surface area contributed by atoms with Crippen LogP contribution in [0.25, 0.3) is 0 Å². The monoisotopic (exact) mass is 454 g/mol. The number of benzene rings is 2. The zero-order valence-corrected chi connectivity index (χ0v) is 17.1. The Bertz CT molecular complexity index is 1150. The van der Waals surface area contributed by atoms with E-state index in [2.05, 4.69) is 0 Å². The third-order valence-electron chi connectivity index (χ3n) is 5.08. The molecule has 1 heterocycles. The fourth-order valence-electron chi connectivity index (χ4n) is 3.40. The van der Waals surface area contributed by atoms with Crippen LogP contribution in [0.1, 0.15) is 16.7 Å². The van der Waals surface area contributed by atoms with Crippen molar-refractivity contribution in [3.63, 3.8) is 0 Å². The molecule has 12 heteroatoms. The minimum atomic E-state index is -4.56. The number of hydrogen-bond acceptors (Lipinski definition) is 6. The van der Waals surface area contributed by atoms with Crippen LogP contribution in [0, 0.1) is 28.4 Å². The molecule has 2 aromatic rings. The van der Waals surface area contributed by atoms with Gasteiger partial charge in [0.1, 0.15) is 0 Å². The van der Waals surface area contributed by atoms with Crippen molar-refractivity contribution in [1.82, 2.24) is 4.31 Å². The Hall–Kier alpha value is -3.17. The number of halogens is 3. The van der Waals surface area contributed by atoms with Crippen molar-refractivity contribution in [2.45, 2.75) is 18.0 Å². The summed E-state index contributed by atoms with van der Waals surface area (Å²) in [5.41, 5.74) is -0.188. The van der Waals surface area contributed by atoms with Gasteiger partial charge in [0.05, 0.1) is 32.6 Å². The lowest BCUT2D eigenvalue weighted by atomic mass is 10.1. The number of sulfonamides is 1. The lowest BCUT2D eigenvalue weighted by molar-refractivity contribution is -0.385. The highest BCUT2D eigenvalue weighted by atomic mass is 32.2. The maximum absolute atomic E-state index is 12.8. The number of hydrogen-bond donors (Lipinski definition) is 0. The van der Waals surface area contributed by atoms with Gasteiger partial charge in [-0.2, -0.15) is 22.7 Å². The van der Waals surface area contributed by atoms with Gasteiger partial charge in [0, 0.05) is 37.9 Å². The summed E-state index contributed by atoms with van der Waals surface area (Å²) in [5.74, 6) is 0. The van der Waals surface area contributed by atoms with E-state index >= 15 is 0 Å². The minimum Gasteiger partial charge on any atom is -0.368 e. The van der Waals surface area contributed by atoms with Crippen molar-refractivity contribution < 1.29 is 26.5 Å². The third-order valence-corrected chi connectivity index (χ3v) is 6.99. The van der Waals surface area contributed by atoms with Crippen molar-refractivity contribution in [2.24, 2.45) is 0 Å². The van der Waals surface area contributed by atoms with Gasteiger partial charge in [0.15, 0.2) is 0 Å². The molecule has 0 N–H and O–H groups in total. The zero-order chi connectivity index (χ0) is 23.0. The summed E-state index contributed by atoms with van der Waals surface area (Å²) in [6.07, 6.45) is -4.56. The van der Waals surface area contributed by atoms with Crippen LogP contribution in [-0.2, 0) is 16.2 Å². The molecule has 0 spiro atoms. The lowest BCUT2D eigenvalue weighted by Gasteiger charge is -2.36. The number of nitro benzene ring substituents is 1. The second-order valence-electron chi connectivity index (χ2n) is 6.92. The van der Waals surface area contributed by atoms with Crippen LogP contribution in [0.2, 0.25) is 0 Å². The van der Waals surface area contributed by atoms with Gasteiger partial charge < -0.3 is 4.90 Å². The second-order valence-corrected chi connectivity index (χ2v) is 8.86. The van der Waals surface area contributed by atoms with Crippen LogP contribution in [0.3, 0.4) is 0 Å². The molecule has 0 radical (unpaired) electrons. The van der Waals surface area contributed by atoms with Crippen LogP contribution >= 0.6 is 0 Å². The van der Waals surface area contributed by atoms with E-state index in [1.807, 2.05) is 6.07 Å². The molecule has 0 unspecified atom stereocenters. The Labute approximate surface area is 176 Å². The first-order valence-corrected chi connectivity index (χ1v) is 10.5. The van der Waals surface area contributed by atoms with E-state index in [1.165, 1.54) is 12.1 Å². The third kappa shape index (κ3) is 4.47. The first kappa shape index (κ1) is 22.5. The van der Waals surface area contributed by atoms with E-state index in [1.54, 1.807) is 11.8 Å². The Morgan fingerprint density at radius 3 is 2.16 bits per heavy atom. The maximum Gasteiger partial charge on any atom is 0.416 e. The van der Waals surface area contributed by atoms with Gasteiger partial charge in [0.2, 0.25) is 10.0 Å². The van der Waals surface area contributed by atoms with Crippen molar-refractivity contribution in [2.75, 3.05) is 31.1 Å². The molecule has 0 amide bonds. The highest BCUT2D eigenvalue weighted by Crippen LogP contribution is 2.33. The first-order valence-electron chi connectivity index (χ1n) is 9.06. The van der Waals surface area contributed by atoms with Gasteiger partial charge in [-0.15, -0.1) is 0 Å². The maximum atomic E-state index is 12.8.